The molecule has 18 heavy (non-hydrogen) atoms. The van der Waals surface area contributed by atoms with Crippen molar-refractivity contribution in [3.63, 3.8) is 0 Å². The van der Waals surface area contributed by atoms with E-state index in [1.807, 2.05) is 10.9 Å². The maximum absolute atomic E-state index is 5.70. The van der Waals surface area contributed by atoms with Crippen LogP contribution in [0.25, 0.3) is 0 Å². The van der Waals surface area contributed by atoms with Gasteiger partial charge in [-0.05, 0) is 39.2 Å². The SMILES string of the molecule is CCNC(CCC1CCCO1)c1cnn(CC)c1. The Morgan fingerprint density at radius 3 is 3.06 bits per heavy atom. The monoisotopic (exact) mass is 251 g/mol. The predicted molar refractivity (Wildman–Crippen MR) is 72.5 cm³/mol. The second kappa shape index (κ2) is 6.90. The number of hydrogen-bond donors (Lipinski definition) is 1. The molecule has 0 amide bonds. The van der Waals surface area contributed by atoms with Gasteiger partial charge < -0.3 is 10.1 Å². The summed E-state index contributed by atoms with van der Waals surface area (Å²) in [6.07, 6.45) is 9.36. The summed E-state index contributed by atoms with van der Waals surface area (Å²) in [6, 6.07) is 0.416. The third-order valence-electron chi connectivity index (χ3n) is 3.63. The van der Waals surface area contributed by atoms with Crippen LogP contribution >= 0.6 is 0 Å². The van der Waals surface area contributed by atoms with Gasteiger partial charge in [-0.2, -0.15) is 5.10 Å². The van der Waals surface area contributed by atoms with E-state index in [-0.39, 0.29) is 0 Å². The number of nitrogens with zero attached hydrogens (tertiary/aromatic N) is 2. The van der Waals surface area contributed by atoms with E-state index in [4.69, 9.17) is 4.74 Å². The van der Waals surface area contributed by atoms with Gasteiger partial charge in [-0.3, -0.25) is 4.68 Å². The number of aryl methyl sites for hydroxylation is 1. The summed E-state index contributed by atoms with van der Waals surface area (Å²) < 4.78 is 7.69. The molecule has 0 spiro atoms. The first-order valence-corrected chi connectivity index (χ1v) is 7.20. The Bertz CT molecular complexity index is 345. The van der Waals surface area contributed by atoms with Gasteiger partial charge in [-0.1, -0.05) is 6.92 Å². The van der Waals surface area contributed by atoms with Crippen LogP contribution in [0.5, 0.6) is 0 Å². The molecule has 2 unspecified atom stereocenters. The number of rotatable bonds is 7. The van der Waals surface area contributed by atoms with Crippen LogP contribution in [-0.4, -0.2) is 29.0 Å². The van der Waals surface area contributed by atoms with E-state index in [0.717, 1.165) is 32.5 Å². The lowest BCUT2D eigenvalue weighted by Gasteiger charge is -2.18. The zero-order chi connectivity index (χ0) is 12.8. The normalized spacial score (nSPS) is 21.3. The summed E-state index contributed by atoms with van der Waals surface area (Å²) in [5.74, 6) is 0. The Labute approximate surface area is 110 Å². The molecule has 1 N–H and O–H groups in total. The molecule has 4 heteroatoms. The molecule has 1 fully saturated rings. The highest BCUT2D eigenvalue weighted by Crippen LogP contribution is 2.23. The predicted octanol–water partition coefficient (Wildman–Crippen LogP) is 2.51. The van der Waals surface area contributed by atoms with E-state index in [9.17, 15) is 0 Å². The van der Waals surface area contributed by atoms with Crippen LogP contribution in [0.4, 0.5) is 0 Å². The van der Waals surface area contributed by atoms with Crippen molar-refractivity contribution in [2.45, 2.75) is 58.2 Å². The largest absolute Gasteiger partial charge is 0.378 e. The third kappa shape index (κ3) is 3.56. The van der Waals surface area contributed by atoms with E-state index in [0.29, 0.717) is 12.1 Å². The first-order chi connectivity index (χ1) is 8.83. The average Bonchev–Trinajstić information content (AvgIpc) is 3.05. The minimum Gasteiger partial charge on any atom is -0.378 e. The van der Waals surface area contributed by atoms with Gasteiger partial charge in [0.1, 0.15) is 0 Å². The summed E-state index contributed by atoms with van der Waals surface area (Å²) >= 11 is 0. The molecule has 0 bridgehead atoms. The van der Waals surface area contributed by atoms with Crippen LogP contribution < -0.4 is 5.32 Å². The van der Waals surface area contributed by atoms with Crippen molar-refractivity contribution >= 4 is 0 Å². The van der Waals surface area contributed by atoms with Gasteiger partial charge >= 0.3 is 0 Å². The van der Waals surface area contributed by atoms with Crippen LogP contribution in [0, 0.1) is 0 Å². The maximum atomic E-state index is 5.70. The highest BCUT2D eigenvalue weighted by Gasteiger charge is 2.19. The van der Waals surface area contributed by atoms with E-state index in [1.165, 1.54) is 18.4 Å². The highest BCUT2D eigenvalue weighted by molar-refractivity contribution is 5.10. The van der Waals surface area contributed by atoms with Crippen LogP contribution in [-0.2, 0) is 11.3 Å². The highest BCUT2D eigenvalue weighted by atomic mass is 16.5. The lowest BCUT2D eigenvalue weighted by atomic mass is 10.0. The topological polar surface area (TPSA) is 39.1 Å². The Kier molecular flexibility index (Phi) is 5.20. The molecule has 1 aromatic heterocycles. The van der Waals surface area contributed by atoms with Crippen molar-refractivity contribution in [1.82, 2.24) is 15.1 Å². The summed E-state index contributed by atoms with van der Waals surface area (Å²) in [5.41, 5.74) is 1.30. The van der Waals surface area contributed by atoms with Crippen molar-refractivity contribution < 1.29 is 4.74 Å². The van der Waals surface area contributed by atoms with Crippen molar-refractivity contribution in [1.29, 1.82) is 0 Å². The molecule has 1 aromatic rings. The maximum Gasteiger partial charge on any atom is 0.0576 e. The van der Waals surface area contributed by atoms with Gasteiger partial charge in [0.05, 0.1) is 12.3 Å². The fraction of sp³-hybridized carbons (Fsp3) is 0.786. The Hall–Kier alpha value is -0.870. The first kappa shape index (κ1) is 13.6. The molecule has 2 heterocycles. The Balaban J connectivity index is 1.89. The molecule has 0 radical (unpaired) electrons. The lowest BCUT2D eigenvalue weighted by Crippen LogP contribution is -2.22. The van der Waals surface area contributed by atoms with Crippen molar-refractivity contribution in [2.24, 2.45) is 0 Å². The quantitative estimate of drug-likeness (QED) is 0.809. The molecule has 102 valence electrons. The van der Waals surface area contributed by atoms with Crippen molar-refractivity contribution in [3.8, 4) is 0 Å². The minimum atomic E-state index is 0.416. The second-order valence-corrected chi connectivity index (χ2v) is 4.95. The smallest absolute Gasteiger partial charge is 0.0576 e. The minimum absolute atomic E-state index is 0.416. The van der Waals surface area contributed by atoms with Gasteiger partial charge in [0, 0.05) is 31.0 Å². The first-order valence-electron chi connectivity index (χ1n) is 7.20. The fourth-order valence-corrected chi connectivity index (χ4v) is 2.59. The summed E-state index contributed by atoms with van der Waals surface area (Å²) in [5, 5.41) is 7.91. The van der Waals surface area contributed by atoms with E-state index in [1.54, 1.807) is 0 Å². The number of aromatic nitrogens is 2. The van der Waals surface area contributed by atoms with Crippen molar-refractivity contribution in [2.75, 3.05) is 13.2 Å². The molecule has 4 nitrogen and oxygen atoms in total. The summed E-state index contributed by atoms with van der Waals surface area (Å²) in [6.45, 7) is 7.15. The number of ether oxygens (including phenoxy) is 1. The molecular weight excluding hydrogens is 226 g/mol. The number of hydrogen-bond acceptors (Lipinski definition) is 3. The molecule has 1 aliphatic heterocycles. The molecule has 1 saturated heterocycles. The Morgan fingerprint density at radius 1 is 1.56 bits per heavy atom. The molecule has 0 aliphatic carbocycles. The lowest BCUT2D eigenvalue weighted by molar-refractivity contribution is 0.0996. The van der Waals surface area contributed by atoms with Crippen LogP contribution in [0.1, 0.15) is 51.1 Å². The summed E-state index contributed by atoms with van der Waals surface area (Å²) in [7, 11) is 0. The molecule has 2 atom stereocenters. The van der Waals surface area contributed by atoms with Gasteiger partial charge in [-0.25, -0.2) is 0 Å². The zero-order valence-electron chi connectivity index (χ0n) is 11.6. The average molecular weight is 251 g/mol. The van der Waals surface area contributed by atoms with Gasteiger partial charge in [-0.15, -0.1) is 0 Å². The van der Waals surface area contributed by atoms with Crippen molar-refractivity contribution in [3.05, 3.63) is 18.0 Å². The van der Waals surface area contributed by atoms with Gasteiger partial charge in [0.2, 0.25) is 0 Å². The molecular formula is C14H25N3O. The Morgan fingerprint density at radius 2 is 2.44 bits per heavy atom. The van der Waals surface area contributed by atoms with Crippen LogP contribution in [0.3, 0.4) is 0 Å². The molecule has 0 saturated carbocycles. The fourth-order valence-electron chi connectivity index (χ4n) is 2.59. The number of nitrogens with one attached hydrogen (secondary N) is 1. The van der Waals surface area contributed by atoms with Gasteiger partial charge in [0.25, 0.3) is 0 Å². The van der Waals surface area contributed by atoms with Gasteiger partial charge in [0.15, 0.2) is 0 Å². The van der Waals surface area contributed by atoms with E-state index in [2.05, 4.69) is 30.5 Å². The second-order valence-electron chi connectivity index (χ2n) is 4.95. The third-order valence-corrected chi connectivity index (χ3v) is 3.63. The summed E-state index contributed by atoms with van der Waals surface area (Å²) in [4.78, 5) is 0. The standard InChI is InChI=1S/C14H25N3O/c1-3-15-14(8-7-13-6-5-9-18-13)12-10-16-17(4-2)11-12/h10-11,13-15H,3-9H2,1-2H3. The molecule has 0 aromatic carbocycles. The van der Waals surface area contributed by atoms with Crippen LogP contribution in [0.15, 0.2) is 12.4 Å². The van der Waals surface area contributed by atoms with E-state index >= 15 is 0 Å². The molecule has 1 aliphatic rings. The zero-order valence-corrected chi connectivity index (χ0v) is 11.6. The van der Waals surface area contributed by atoms with Crippen LogP contribution in [0.2, 0.25) is 0 Å². The van der Waals surface area contributed by atoms with E-state index < -0.39 is 0 Å². The molecule has 2 rings (SSSR count).